The first-order valence-electron chi connectivity index (χ1n) is 7.02. The Morgan fingerprint density at radius 3 is 3.00 bits per heavy atom. The molecule has 0 aliphatic carbocycles. The Balaban J connectivity index is 2.10. The molecule has 2 rings (SSSR count). The van der Waals surface area contributed by atoms with Crippen LogP contribution in [0, 0.1) is 6.92 Å². The van der Waals surface area contributed by atoms with Gasteiger partial charge in [0.15, 0.2) is 11.3 Å². The van der Waals surface area contributed by atoms with Crippen LogP contribution in [-0.4, -0.2) is 23.5 Å². The van der Waals surface area contributed by atoms with Crippen LogP contribution in [0.15, 0.2) is 22.6 Å². The Hall–Kier alpha value is -1.88. The van der Waals surface area contributed by atoms with Gasteiger partial charge in [-0.05, 0) is 25.5 Å². The van der Waals surface area contributed by atoms with Crippen molar-refractivity contribution in [3.8, 4) is 0 Å². The summed E-state index contributed by atoms with van der Waals surface area (Å²) in [6.07, 6.45) is 3.01. The number of amides is 1. The number of aryl methyl sites for hydroxylation is 1. The zero-order chi connectivity index (χ0) is 14.5. The van der Waals surface area contributed by atoms with E-state index in [0.29, 0.717) is 17.6 Å². The van der Waals surface area contributed by atoms with E-state index in [1.54, 1.807) is 6.07 Å². The van der Waals surface area contributed by atoms with Crippen LogP contribution in [0.3, 0.4) is 0 Å². The zero-order valence-corrected chi connectivity index (χ0v) is 12.0. The fraction of sp³-hybridized carbons (Fsp3) is 0.467. The van der Waals surface area contributed by atoms with Crippen LogP contribution in [-0.2, 0) is 0 Å². The van der Waals surface area contributed by atoms with Gasteiger partial charge in [0, 0.05) is 24.3 Å². The molecule has 1 amide bonds. The summed E-state index contributed by atoms with van der Waals surface area (Å²) in [5.74, 6) is 0.0558. The van der Waals surface area contributed by atoms with Gasteiger partial charge in [0.2, 0.25) is 0 Å². The molecule has 0 radical (unpaired) electrons. The van der Waals surface area contributed by atoms with Crippen molar-refractivity contribution in [3.63, 3.8) is 0 Å². The Morgan fingerprint density at radius 2 is 2.30 bits per heavy atom. The molecule has 1 unspecified atom stereocenters. The van der Waals surface area contributed by atoms with Crippen LogP contribution in [0.2, 0.25) is 0 Å². The van der Waals surface area contributed by atoms with Crippen LogP contribution in [0.4, 0.5) is 0 Å². The van der Waals surface area contributed by atoms with Crippen LogP contribution < -0.4 is 11.1 Å². The van der Waals surface area contributed by atoms with Crippen molar-refractivity contribution < 1.29 is 9.21 Å². The van der Waals surface area contributed by atoms with E-state index in [9.17, 15) is 4.79 Å². The maximum Gasteiger partial charge on any atom is 0.287 e. The van der Waals surface area contributed by atoms with Gasteiger partial charge in [-0.3, -0.25) is 4.79 Å². The lowest BCUT2D eigenvalue weighted by molar-refractivity contribution is 0.0910. The van der Waals surface area contributed by atoms with Gasteiger partial charge in [0.1, 0.15) is 5.52 Å². The van der Waals surface area contributed by atoms with Crippen LogP contribution in [0.1, 0.15) is 42.4 Å². The summed E-state index contributed by atoms with van der Waals surface area (Å²) in [6.45, 7) is 4.45. The number of unbranched alkanes of at least 4 members (excludes halogenated alkanes) is 1. The van der Waals surface area contributed by atoms with Crippen molar-refractivity contribution in [2.75, 3.05) is 6.54 Å². The fourth-order valence-electron chi connectivity index (χ4n) is 2.09. The van der Waals surface area contributed by atoms with E-state index in [4.69, 9.17) is 10.2 Å². The summed E-state index contributed by atoms with van der Waals surface area (Å²) in [4.78, 5) is 16.5. The third kappa shape index (κ3) is 3.36. The SMILES string of the molecule is CCCCC(CN)NC(=O)c1cc2nc(C)ccc2o1. The number of carbonyl (C=O) groups is 1. The van der Waals surface area contributed by atoms with Gasteiger partial charge >= 0.3 is 0 Å². The Bertz CT molecular complexity index is 592. The summed E-state index contributed by atoms with van der Waals surface area (Å²) >= 11 is 0. The summed E-state index contributed by atoms with van der Waals surface area (Å²) in [7, 11) is 0. The number of hydrogen-bond donors (Lipinski definition) is 2. The number of pyridine rings is 1. The lowest BCUT2D eigenvalue weighted by Crippen LogP contribution is -2.40. The van der Waals surface area contributed by atoms with Gasteiger partial charge < -0.3 is 15.5 Å². The number of nitrogens with one attached hydrogen (secondary N) is 1. The minimum absolute atomic E-state index is 0.00893. The molecule has 2 aromatic heterocycles. The normalized spacial score (nSPS) is 12.6. The molecule has 0 aliphatic heterocycles. The quantitative estimate of drug-likeness (QED) is 0.848. The number of furan rings is 1. The molecule has 0 aliphatic rings. The summed E-state index contributed by atoms with van der Waals surface area (Å²) in [5, 5.41) is 2.91. The predicted molar refractivity (Wildman–Crippen MR) is 78.6 cm³/mol. The largest absolute Gasteiger partial charge is 0.449 e. The second kappa shape index (κ2) is 6.52. The molecule has 2 aromatic rings. The third-order valence-electron chi connectivity index (χ3n) is 3.26. The van der Waals surface area contributed by atoms with E-state index in [2.05, 4.69) is 17.2 Å². The average Bonchev–Trinajstić information content (AvgIpc) is 2.86. The highest BCUT2D eigenvalue weighted by Crippen LogP contribution is 2.18. The maximum absolute atomic E-state index is 12.1. The van der Waals surface area contributed by atoms with E-state index < -0.39 is 0 Å². The standard InChI is InChI=1S/C15H21N3O2/c1-3-4-5-11(9-16)18-15(19)14-8-12-13(20-14)7-6-10(2)17-12/h6-8,11H,3-5,9,16H2,1-2H3,(H,18,19). The molecule has 0 fully saturated rings. The Labute approximate surface area is 118 Å². The second-order valence-electron chi connectivity index (χ2n) is 4.99. The van der Waals surface area contributed by atoms with Crippen LogP contribution in [0.25, 0.3) is 11.1 Å². The Kier molecular flexibility index (Phi) is 4.74. The molecular formula is C15H21N3O2. The highest BCUT2D eigenvalue weighted by Gasteiger charge is 2.16. The number of aromatic nitrogens is 1. The minimum Gasteiger partial charge on any atom is -0.449 e. The first-order valence-corrected chi connectivity index (χ1v) is 7.02. The van der Waals surface area contributed by atoms with Crippen molar-refractivity contribution >= 4 is 17.0 Å². The zero-order valence-electron chi connectivity index (χ0n) is 12.0. The number of nitrogens with two attached hydrogens (primary N) is 1. The van der Waals surface area contributed by atoms with Crippen molar-refractivity contribution in [3.05, 3.63) is 29.7 Å². The molecule has 108 valence electrons. The van der Waals surface area contributed by atoms with Crippen molar-refractivity contribution in [2.24, 2.45) is 5.73 Å². The number of rotatable bonds is 6. The van der Waals surface area contributed by atoms with E-state index >= 15 is 0 Å². The first kappa shape index (κ1) is 14.5. The molecule has 1 atom stereocenters. The third-order valence-corrected chi connectivity index (χ3v) is 3.26. The molecule has 3 N–H and O–H groups in total. The second-order valence-corrected chi connectivity index (χ2v) is 4.99. The molecule has 0 saturated carbocycles. The molecule has 20 heavy (non-hydrogen) atoms. The van der Waals surface area contributed by atoms with E-state index in [1.165, 1.54) is 0 Å². The van der Waals surface area contributed by atoms with E-state index in [-0.39, 0.29) is 17.7 Å². The highest BCUT2D eigenvalue weighted by atomic mass is 16.3. The van der Waals surface area contributed by atoms with Crippen molar-refractivity contribution in [1.29, 1.82) is 0 Å². The molecule has 0 bridgehead atoms. The number of nitrogens with zero attached hydrogens (tertiary/aromatic N) is 1. The molecule has 5 heteroatoms. The lowest BCUT2D eigenvalue weighted by atomic mass is 10.1. The van der Waals surface area contributed by atoms with Gasteiger partial charge in [0.25, 0.3) is 5.91 Å². The molecule has 5 nitrogen and oxygen atoms in total. The van der Waals surface area contributed by atoms with Gasteiger partial charge in [-0.2, -0.15) is 0 Å². The van der Waals surface area contributed by atoms with Crippen LogP contribution in [0.5, 0.6) is 0 Å². The topological polar surface area (TPSA) is 81.1 Å². The van der Waals surface area contributed by atoms with Crippen molar-refractivity contribution in [2.45, 2.75) is 39.2 Å². The average molecular weight is 275 g/mol. The minimum atomic E-state index is -0.229. The Morgan fingerprint density at radius 1 is 1.50 bits per heavy atom. The van der Waals surface area contributed by atoms with Gasteiger partial charge in [-0.15, -0.1) is 0 Å². The number of hydrogen-bond acceptors (Lipinski definition) is 4. The van der Waals surface area contributed by atoms with Gasteiger partial charge in [-0.1, -0.05) is 19.8 Å². The monoisotopic (exact) mass is 275 g/mol. The summed E-state index contributed by atoms with van der Waals surface area (Å²) in [6, 6.07) is 5.35. The van der Waals surface area contributed by atoms with Crippen LogP contribution >= 0.6 is 0 Å². The predicted octanol–water partition coefficient (Wildman–Crippen LogP) is 2.38. The highest BCUT2D eigenvalue weighted by molar-refractivity contribution is 5.95. The summed E-state index contributed by atoms with van der Waals surface area (Å²) in [5.41, 5.74) is 7.90. The van der Waals surface area contributed by atoms with E-state index in [0.717, 1.165) is 25.0 Å². The number of carbonyl (C=O) groups excluding carboxylic acids is 1. The lowest BCUT2D eigenvalue weighted by Gasteiger charge is -2.15. The van der Waals surface area contributed by atoms with E-state index in [1.807, 2.05) is 19.1 Å². The van der Waals surface area contributed by atoms with Crippen molar-refractivity contribution in [1.82, 2.24) is 10.3 Å². The van der Waals surface area contributed by atoms with Gasteiger partial charge in [0.05, 0.1) is 0 Å². The summed E-state index contributed by atoms with van der Waals surface area (Å²) < 4.78 is 5.52. The molecule has 0 spiro atoms. The van der Waals surface area contributed by atoms with Gasteiger partial charge in [-0.25, -0.2) is 4.98 Å². The molecular weight excluding hydrogens is 254 g/mol. The fourth-order valence-corrected chi connectivity index (χ4v) is 2.09. The smallest absolute Gasteiger partial charge is 0.287 e. The number of fused-ring (bicyclic) bond motifs is 1. The molecule has 2 heterocycles. The molecule has 0 aromatic carbocycles. The maximum atomic E-state index is 12.1. The first-order chi connectivity index (χ1) is 9.63. The molecule has 0 saturated heterocycles.